The zero-order valence-corrected chi connectivity index (χ0v) is 14.4. The van der Waals surface area contributed by atoms with Crippen LogP contribution in [0.15, 0.2) is 54.6 Å². The van der Waals surface area contributed by atoms with Crippen molar-refractivity contribution < 1.29 is 4.79 Å². The van der Waals surface area contributed by atoms with Gasteiger partial charge < -0.3 is 9.88 Å². The molecule has 0 bridgehead atoms. The second-order valence-corrected chi connectivity index (χ2v) is 6.61. The fourth-order valence-electron chi connectivity index (χ4n) is 2.54. The predicted molar refractivity (Wildman–Crippen MR) is 95.2 cm³/mol. The number of imidazole rings is 1. The summed E-state index contributed by atoms with van der Waals surface area (Å²) < 4.78 is 1.95. The average molecular weight is 340 g/mol. The normalized spacial score (nSPS) is 12.0. The molecule has 6 heteroatoms. The molecule has 124 valence electrons. The smallest absolute Gasteiger partial charge is 0.220 e. The lowest BCUT2D eigenvalue weighted by Crippen LogP contribution is -2.26. The van der Waals surface area contributed by atoms with E-state index in [4.69, 9.17) is 0 Å². The molecule has 1 N–H and O–H groups in total. The molecule has 0 fully saturated rings. The molecule has 0 aliphatic rings. The molecule has 5 nitrogen and oxygen atoms in total. The van der Waals surface area contributed by atoms with Gasteiger partial charge in [0.25, 0.3) is 0 Å². The number of aryl methyl sites for hydroxylation is 1. The Morgan fingerprint density at radius 1 is 1.38 bits per heavy atom. The maximum atomic E-state index is 12.1. The molecule has 3 aromatic rings. The molecule has 0 unspecified atom stereocenters. The number of aromatic nitrogens is 3. The van der Waals surface area contributed by atoms with Crippen molar-refractivity contribution in [1.82, 2.24) is 19.9 Å². The number of benzene rings is 1. The van der Waals surface area contributed by atoms with Crippen molar-refractivity contribution in [3.05, 3.63) is 65.1 Å². The maximum Gasteiger partial charge on any atom is 0.220 e. The molecule has 2 heterocycles. The summed E-state index contributed by atoms with van der Waals surface area (Å²) in [5.41, 5.74) is 2.12. The van der Waals surface area contributed by atoms with E-state index in [-0.39, 0.29) is 11.9 Å². The number of hydrogen-bond acceptors (Lipinski definition) is 4. The Kier molecular flexibility index (Phi) is 5.38. The van der Waals surface area contributed by atoms with Crippen molar-refractivity contribution in [1.29, 1.82) is 0 Å². The SMILES string of the molecule is C[C@@H](NC(=O)CCCc1nccs1)c1cccc(-n2ccnc2)c1. The molecule has 0 radical (unpaired) electrons. The number of nitrogens with zero attached hydrogens (tertiary/aromatic N) is 3. The van der Waals surface area contributed by atoms with Gasteiger partial charge in [0.05, 0.1) is 17.4 Å². The third kappa shape index (κ3) is 4.29. The van der Waals surface area contributed by atoms with E-state index in [9.17, 15) is 4.79 Å². The fraction of sp³-hybridized carbons (Fsp3) is 0.278. The van der Waals surface area contributed by atoms with Gasteiger partial charge in [-0.25, -0.2) is 9.97 Å². The molecule has 0 spiro atoms. The van der Waals surface area contributed by atoms with Gasteiger partial charge in [-0.3, -0.25) is 4.79 Å². The fourth-order valence-corrected chi connectivity index (χ4v) is 3.20. The van der Waals surface area contributed by atoms with Gasteiger partial charge in [0, 0.05) is 36.1 Å². The van der Waals surface area contributed by atoms with E-state index < -0.39 is 0 Å². The number of hydrogen-bond donors (Lipinski definition) is 1. The third-order valence-corrected chi connectivity index (χ3v) is 4.67. The third-order valence-electron chi connectivity index (χ3n) is 3.83. The summed E-state index contributed by atoms with van der Waals surface area (Å²) >= 11 is 1.64. The van der Waals surface area contributed by atoms with E-state index >= 15 is 0 Å². The number of thiazole rings is 1. The van der Waals surface area contributed by atoms with Crippen LogP contribution in [-0.2, 0) is 11.2 Å². The largest absolute Gasteiger partial charge is 0.350 e. The van der Waals surface area contributed by atoms with E-state index in [1.807, 2.05) is 41.3 Å². The molecule has 1 amide bonds. The highest BCUT2D eigenvalue weighted by Crippen LogP contribution is 2.17. The van der Waals surface area contributed by atoms with Crippen LogP contribution >= 0.6 is 11.3 Å². The molecule has 0 saturated heterocycles. The summed E-state index contributed by atoms with van der Waals surface area (Å²) in [6, 6.07) is 8.09. The average Bonchev–Trinajstić information content (AvgIpc) is 3.29. The first kappa shape index (κ1) is 16.4. The van der Waals surface area contributed by atoms with Crippen molar-refractivity contribution in [3.8, 4) is 5.69 Å². The molecule has 1 atom stereocenters. The quantitative estimate of drug-likeness (QED) is 0.716. The van der Waals surface area contributed by atoms with Crippen molar-refractivity contribution >= 4 is 17.2 Å². The minimum atomic E-state index is -0.0270. The summed E-state index contributed by atoms with van der Waals surface area (Å²) in [5, 5.41) is 6.12. The van der Waals surface area contributed by atoms with Gasteiger partial charge in [-0.2, -0.15) is 0 Å². The highest BCUT2D eigenvalue weighted by atomic mass is 32.1. The standard InChI is InChI=1S/C18H20N4OS/c1-14(21-17(23)6-3-7-18-20-9-11-24-18)15-4-2-5-16(12-15)22-10-8-19-13-22/h2,4-5,8-14H,3,6-7H2,1H3,(H,21,23)/t14-/m1/s1. The van der Waals surface area contributed by atoms with E-state index in [0.29, 0.717) is 6.42 Å². The molecule has 0 aliphatic heterocycles. The van der Waals surface area contributed by atoms with Crippen LogP contribution in [0.2, 0.25) is 0 Å². The summed E-state index contributed by atoms with van der Waals surface area (Å²) in [6.07, 6.45) is 9.42. The highest BCUT2D eigenvalue weighted by Gasteiger charge is 2.10. The molecule has 0 saturated carbocycles. The van der Waals surface area contributed by atoms with Crippen molar-refractivity contribution in [2.24, 2.45) is 0 Å². The van der Waals surface area contributed by atoms with Crippen molar-refractivity contribution in [2.75, 3.05) is 0 Å². The Balaban J connectivity index is 1.53. The van der Waals surface area contributed by atoms with Gasteiger partial charge >= 0.3 is 0 Å². The molecule has 24 heavy (non-hydrogen) atoms. The number of carbonyl (C=O) groups excluding carboxylic acids is 1. The second-order valence-electron chi connectivity index (χ2n) is 5.63. The Labute approximate surface area is 145 Å². The van der Waals surface area contributed by atoms with Gasteiger partial charge in [0.2, 0.25) is 5.91 Å². The van der Waals surface area contributed by atoms with E-state index in [1.54, 1.807) is 30.1 Å². The van der Waals surface area contributed by atoms with Crippen LogP contribution in [0.3, 0.4) is 0 Å². The summed E-state index contributed by atoms with van der Waals surface area (Å²) in [5.74, 6) is 0.0760. The second kappa shape index (κ2) is 7.88. The molecule has 2 aromatic heterocycles. The molecular weight excluding hydrogens is 320 g/mol. The lowest BCUT2D eigenvalue weighted by Gasteiger charge is -2.15. The zero-order valence-electron chi connectivity index (χ0n) is 13.6. The number of nitrogens with one attached hydrogen (secondary N) is 1. The van der Waals surface area contributed by atoms with Crippen LogP contribution in [0.1, 0.15) is 36.4 Å². The lowest BCUT2D eigenvalue weighted by molar-refractivity contribution is -0.121. The topological polar surface area (TPSA) is 59.8 Å². The van der Waals surface area contributed by atoms with Gasteiger partial charge in [-0.1, -0.05) is 12.1 Å². The van der Waals surface area contributed by atoms with Gasteiger partial charge in [0.15, 0.2) is 0 Å². The minimum absolute atomic E-state index is 0.0270. The van der Waals surface area contributed by atoms with Gasteiger partial charge in [-0.05, 0) is 37.5 Å². The highest BCUT2D eigenvalue weighted by molar-refractivity contribution is 7.09. The monoisotopic (exact) mass is 340 g/mol. The van der Waals surface area contributed by atoms with Crippen LogP contribution in [0.4, 0.5) is 0 Å². The van der Waals surface area contributed by atoms with Crippen LogP contribution in [0.25, 0.3) is 5.69 Å². The first-order valence-electron chi connectivity index (χ1n) is 7.98. The Bertz CT molecular complexity index is 768. The van der Waals surface area contributed by atoms with E-state index in [1.165, 1.54) is 0 Å². The number of rotatable bonds is 7. The van der Waals surface area contributed by atoms with Crippen LogP contribution in [0, 0.1) is 0 Å². The van der Waals surface area contributed by atoms with Gasteiger partial charge in [-0.15, -0.1) is 11.3 Å². The van der Waals surface area contributed by atoms with Crippen LogP contribution in [-0.4, -0.2) is 20.4 Å². The van der Waals surface area contributed by atoms with Crippen molar-refractivity contribution in [2.45, 2.75) is 32.2 Å². The van der Waals surface area contributed by atoms with Crippen LogP contribution < -0.4 is 5.32 Å². The summed E-state index contributed by atoms with van der Waals surface area (Å²) in [4.78, 5) is 20.4. The summed E-state index contributed by atoms with van der Waals surface area (Å²) in [7, 11) is 0. The predicted octanol–water partition coefficient (Wildman–Crippen LogP) is 3.53. The number of amides is 1. The van der Waals surface area contributed by atoms with Crippen LogP contribution in [0.5, 0.6) is 0 Å². The van der Waals surface area contributed by atoms with Gasteiger partial charge in [0.1, 0.15) is 0 Å². The lowest BCUT2D eigenvalue weighted by atomic mass is 10.1. The maximum absolute atomic E-state index is 12.1. The molecule has 0 aliphatic carbocycles. The first-order chi connectivity index (χ1) is 11.7. The Morgan fingerprint density at radius 3 is 3.04 bits per heavy atom. The van der Waals surface area contributed by atoms with Crippen molar-refractivity contribution in [3.63, 3.8) is 0 Å². The Hall–Kier alpha value is -2.47. The zero-order chi connectivity index (χ0) is 16.8. The van der Waals surface area contributed by atoms with E-state index in [0.717, 1.165) is 29.1 Å². The molecule has 3 rings (SSSR count). The minimum Gasteiger partial charge on any atom is -0.350 e. The Morgan fingerprint density at radius 2 is 2.29 bits per heavy atom. The molecular formula is C18H20N4OS. The summed E-state index contributed by atoms with van der Waals surface area (Å²) in [6.45, 7) is 2.01. The first-order valence-corrected chi connectivity index (χ1v) is 8.86. The molecule has 1 aromatic carbocycles. The number of carbonyl (C=O) groups is 1. The van der Waals surface area contributed by atoms with E-state index in [2.05, 4.69) is 21.4 Å².